The highest BCUT2D eigenvalue weighted by atomic mass is 35.5. The van der Waals surface area contributed by atoms with Crippen LogP contribution in [0.25, 0.3) is 0 Å². The van der Waals surface area contributed by atoms with E-state index < -0.39 is 10.0 Å². The Morgan fingerprint density at radius 3 is 2.83 bits per heavy atom. The van der Waals surface area contributed by atoms with E-state index in [0.717, 1.165) is 24.3 Å². The van der Waals surface area contributed by atoms with Gasteiger partial charge in [0.05, 0.1) is 0 Å². The smallest absolute Gasteiger partial charge is 0.250 e. The Labute approximate surface area is 119 Å². The van der Waals surface area contributed by atoms with E-state index in [1.807, 2.05) is 13.0 Å². The second-order valence-electron chi connectivity index (χ2n) is 4.34. The summed E-state index contributed by atoms with van der Waals surface area (Å²) in [5.41, 5.74) is 0. The molecule has 0 saturated carbocycles. The molecule has 1 aliphatic rings. The quantitative estimate of drug-likeness (QED) is 0.873. The van der Waals surface area contributed by atoms with Gasteiger partial charge in [0.1, 0.15) is 4.21 Å². The van der Waals surface area contributed by atoms with Crippen LogP contribution in [0.2, 0.25) is 0 Å². The molecule has 0 aromatic carbocycles. The number of sulfonamides is 1. The van der Waals surface area contributed by atoms with Gasteiger partial charge in [0.15, 0.2) is 0 Å². The van der Waals surface area contributed by atoms with Crippen molar-refractivity contribution in [3.05, 3.63) is 17.0 Å². The monoisotopic (exact) mass is 310 g/mol. The summed E-state index contributed by atoms with van der Waals surface area (Å²) in [4.78, 5) is 1.02. The summed E-state index contributed by atoms with van der Waals surface area (Å²) >= 11 is 1.31. The predicted octanol–water partition coefficient (Wildman–Crippen LogP) is 1.90. The van der Waals surface area contributed by atoms with Crippen LogP contribution in [0.3, 0.4) is 0 Å². The molecule has 0 unspecified atom stereocenters. The molecular formula is C11H19ClN2O2S2. The fourth-order valence-corrected chi connectivity index (χ4v) is 4.37. The lowest BCUT2D eigenvalue weighted by molar-refractivity contribution is 0.540. The van der Waals surface area contributed by atoms with Crippen molar-refractivity contribution < 1.29 is 8.42 Å². The number of aryl methyl sites for hydroxylation is 1. The Morgan fingerprint density at radius 2 is 2.28 bits per heavy atom. The van der Waals surface area contributed by atoms with Crippen molar-refractivity contribution in [2.24, 2.45) is 0 Å². The first-order valence-electron chi connectivity index (χ1n) is 5.87. The number of hydrogen-bond acceptors (Lipinski definition) is 4. The minimum atomic E-state index is -3.29. The lowest BCUT2D eigenvalue weighted by atomic mass is 10.2. The van der Waals surface area contributed by atoms with Gasteiger partial charge in [-0.25, -0.2) is 13.1 Å². The van der Waals surface area contributed by atoms with Crippen molar-refractivity contribution >= 4 is 33.8 Å². The Morgan fingerprint density at radius 1 is 1.50 bits per heavy atom. The molecule has 2 heterocycles. The molecule has 4 nitrogen and oxygen atoms in total. The summed E-state index contributed by atoms with van der Waals surface area (Å²) in [7, 11) is -3.29. The molecule has 0 spiro atoms. The SMILES string of the molecule is Cc1ccc(S(=O)(=O)NCC[C@H]2CCCN2)s1.Cl. The van der Waals surface area contributed by atoms with Crippen LogP contribution < -0.4 is 10.0 Å². The fraction of sp³-hybridized carbons (Fsp3) is 0.636. The minimum absolute atomic E-state index is 0. The van der Waals surface area contributed by atoms with Crippen LogP contribution in [0.1, 0.15) is 24.1 Å². The Hall–Kier alpha value is -0.140. The molecule has 1 aliphatic heterocycles. The second kappa shape index (κ2) is 6.86. The van der Waals surface area contributed by atoms with Gasteiger partial charge < -0.3 is 5.32 Å². The van der Waals surface area contributed by atoms with E-state index in [1.54, 1.807) is 6.07 Å². The molecule has 1 atom stereocenters. The lowest BCUT2D eigenvalue weighted by Crippen LogP contribution is -2.30. The van der Waals surface area contributed by atoms with Gasteiger partial charge in [0, 0.05) is 17.5 Å². The minimum Gasteiger partial charge on any atom is -0.314 e. The summed E-state index contributed by atoms with van der Waals surface area (Å²) in [6.45, 7) is 3.48. The average Bonchev–Trinajstić information content (AvgIpc) is 2.89. The first kappa shape index (κ1) is 15.9. The van der Waals surface area contributed by atoms with Crippen molar-refractivity contribution in [1.82, 2.24) is 10.0 Å². The van der Waals surface area contributed by atoms with Crippen molar-refractivity contribution in [2.75, 3.05) is 13.1 Å². The molecule has 0 radical (unpaired) electrons. The number of nitrogens with one attached hydrogen (secondary N) is 2. The molecule has 0 bridgehead atoms. The number of rotatable bonds is 5. The van der Waals surface area contributed by atoms with Crippen molar-refractivity contribution in [3.8, 4) is 0 Å². The van der Waals surface area contributed by atoms with E-state index in [2.05, 4.69) is 10.0 Å². The Kier molecular flexibility index (Phi) is 6.07. The first-order chi connectivity index (χ1) is 8.08. The van der Waals surface area contributed by atoms with Crippen LogP contribution in [0, 0.1) is 6.92 Å². The van der Waals surface area contributed by atoms with Crippen molar-refractivity contribution in [2.45, 2.75) is 36.4 Å². The number of halogens is 1. The van der Waals surface area contributed by atoms with Crippen LogP contribution in [0.4, 0.5) is 0 Å². The zero-order valence-electron chi connectivity index (χ0n) is 10.3. The highest BCUT2D eigenvalue weighted by Crippen LogP contribution is 2.20. The Balaban J connectivity index is 0.00000162. The molecular weight excluding hydrogens is 292 g/mol. The molecule has 1 fully saturated rings. The average molecular weight is 311 g/mol. The van der Waals surface area contributed by atoms with Crippen molar-refractivity contribution in [1.29, 1.82) is 0 Å². The predicted molar refractivity (Wildman–Crippen MR) is 77.1 cm³/mol. The maximum Gasteiger partial charge on any atom is 0.250 e. The van der Waals surface area contributed by atoms with Gasteiger partial charge in [-0.05, 0) is 44.9 Å². The highest BCUT2D eigenvalue weighted by Gasteiger charge is 2.18. The molecule has 0 aliphatic carbocycles. The van der Waals surface area contributed by atoms with Gasteiger partial charge >= 0.3 is 0 Å². The van der Waals surface area contributed by atoms with Gasteiger partial charge in [-0.3, -0.25) is 0 Å². The van der Waals surface area contributed by atoms with E-state index in [0.29, 0.717) is 16.8 Å². The molecule has 2 rings (SSSR count). The second-order valence-corrected chi connectivity index (χ2v) is 7.63. The van der Waals surface area contributed by atoms with E-state index in [9.17, 15) is 8.42 Å². The largest absolute Gasteiger partial charge is 0.314 e. The molecule has 0 amide bonds. The van der Waals surface area contributed by atoms with Crippen molar-refractivity contribution in [3.63, 3.8) is 0 Å². The summed E-state index contributed by atoms with van der Waals surface area (Å²) < 4.78 is 26.9. The number of hydrogen-bond donors (Lipinski definition) is 2. The molecule has 7 heteroatoms. The first-order valence-corrected chi connectivity index (χ1v) is 8.17. The standard InChI is InChI=1S/C11H18N2O2S2.ClH/c1-9-4-5-11(16-9)17(14,15)13-8-6-10-3-2-7-12-10;/h4-5,10,12-13H,2-3,6-8H2,1H3;1H/t10-;/m1./s1. The summed E-state index contributed by atoms with van der Waals surface area (Å²) in [6, 6.07) is 3.97. The fourth-order valence-electron chi connectivity index (χ4n) is 2.00. The molecule has 18 heavy (non-hydrogen) atoms. The molecule has 1 saturated heterocycles. The topological polar surface area (TPSA) is 58.2 Å². The van der Waals surface area contributed by atoms with Crippen LogP contribution in [-0.2, 0) is 10.0 Å². The van der Waals surface area contributed by atoms with Gasteiger partial charge in [0.25, 0.3) is 0 Å². The highest BCUT2D eigenvalue weighted by molar-refractivity contribution is 7.91. The van der Waals surface area contributed by atoms with Gasteiger partial charge in [0.2, 0.25) is 10.0 Å². The molecule has 104 valence electrons. The zero-order chi connectivity index (χ0) is 12.3. The van der Waals surface area contributed by atoms with Crippen LogP contribution in [-0.4, -0.2) is 27.5 Å². The maximum absolute atomic E-state index is 11.9. The summed E-state index contributed by atoms with van der Waals surface area (Å²) in [6.07, 6.45) is 3.21. The van der Waals surface area contributed by atoms with E-state index in [1.165, 1.54) is 17.8 Å². The third-order valence-corrected chi connectivity index (χ3v) is 5.88. The van der Waals surface area contributed by atoms with Gasteiger partial charge in [-0.15, -0.1) is 23.7 Å². The normalized spacial score (nSPS) is 19.7. The summed E-state index contributed by atoms with van der Waals surface area (Å²) in [5, 5.41) is 3.35. The lowest BCUT2D eigenvalue weighted by Gasteiger charge is -2.10. The van der Waals surface area contributed by atoms with Crippen LogP contribution in [0.5, 0.6) is 0 Å². The van der Waals surface area contributed by atoms with E-state index in [-0.39, 0.29) is 12.4 Å². The zero-order valence-corrected chi connectivity index (χ0v) is 12.8. The third kappa shape index (κ3) is 4.20. The molecule has 1 aromatic rings. The van der Waals surface area contributed by atoms with E-state index >= 15 is 0 Å². The Bertz CT molecular complexity index is 467. The third-order valence-electron chi connectivity index (χ3n) is 2.93. The maximum atomic E-state index is 11.9. The summed E-state index contributed by atoms with van der Waals surface area (Å²) in [5.74, 6) is 0. The number of thiophene rings is 1. The van der Waals surface area contributed by atoms with Crippen LogP contribution >= 0.6 is 23.7 Å². The molecule has 2 N–H and O–H groups in total. The van der Waals surface area contributed by atoms with Crippen LogP contribution in [0.15, 0.2) is 16.3 Å². The van der Waals surface area contributed by atoms with Gasteiger partial charge in [-0.1, -0.05) is 0 Å². The van der Waals surface area contributed by atoms with E-state index in [4.69, 9.17) is 0 Å². The molecule has 1 aromatic heterocycles. The van der Waals surface area contributed by atoms with Gasteiger partial charge in [-0.2, -0.15) is 0 Å².